The lowest BCUT2D eigenvalue weighted by molar-refractivity contribution is -0.139. The third-order valence-electron chi connectivity index (χ3n) is 3.31. The second-order valence-corrected chi connectivity index (χ2v) is 5.63. The molecule has 0 fully saturated rings. The molecule has 2 unspecified atom stereocenters. The molecule has 116 valence electrons. The molecule has 0 aromatic heterocycles. The molecule has 1 aromatic carbocycles. The van der Waals surface area contributed by atoms with Gasteiger partial charge in [0.2, 0.25) is 5.91 Å². The van der Waals surface area contributed by atoms with Gasteiger partial charge in [-0.05, 0) is 18.4 Å². The number of amides is 1. The Bertz CT molecular complexity index is 474. The van der Waals surface area contributed by atoms with Crippen molar-refractivity contribution >= 4 is 11.9 Å². The number of aliphatic carboxylic acids is 1. The lowest BCUT2D eigenvalue weighted by Gasteiger charge is -2.29. The number of carbonyl (C=O) groups excluding carboxylic acids is 1. The molecule has 0 saturated heterocycles. The molecule has 0 aliphatic rings. The molecule has 1 amide bonds. The van der Waals surface area contributed by atoms with E-state index in [2.05, 4.69) is 5.32 Å². The van der Waals surface area contributed by atoms with Gasteiger partial charge in [-0.15, -0.1) is 0 Å². The first-order valence-electron chi connectivity index (χ1n) is 6.93. The van der Waals surface area contributed by atoms with Crippen molar-refractivity contribution in [2.75, 3.05) is 13.7 Å². The van der Waals surface area contributed by atoms with Crippen molar-refractivity contribution in [3.8, 4) is 0 Å². The van der Waals surface area contributed by atoms with Crippen LogP contribution in [0.2, 0.25) is 0 Å². The summed E-state index contributed by atoms with van der Waals surface area (Å²) in [5, 5.41) is 11.7. The average molecular weight is 293 g/mol. The van der Waals surface area contributed by atoms with Crippen LogP contribution in [0.4, 0.5) is 0 Å². The predicted molar refractivity (Wildman–Crippen MR) is 80.2 cm³/mol. The number of hydrogen-bond donors (Lipinski definition) is 2. The van der Waals surface area contributed by atoms with Gasteiger partial charge in [0.25, 0.3) is 0 Å². The smallest absolute Gasteiger partial charge is 0.305 e. The zero-order valence-electron chi connectivity index (χ0n) is 12.8. The minimum absolute atomic E-state index is 0.0721. The standard InChI is InChI=1S/C16H23NO4/c1-12(13-7-5-4-6-8-13)9-14(18)17-16(2,11-21-3)10-15(19)20/h4-8,12H,9-11H2,1-3H3,(H,17,18)(H,19,20). The number of rotatable bonds is 8. The molecule has 1 aromatic rings. The van der Waals surface area contributed by atoms with Crippen molar-refractivity contribution in [1.29, 1.82) is 0 Å². The van der Waals surface area contributed by atoms with Crippen LogP contribution in [-0.2, 0) is 14.3 Å². The van der Waals surface area contributed by atoms with Gasteiger partial charge in [-0.25, -0.2) is 0 Å². The van der Waals surface area contributed by atoms with Gasteiger partial charge in [-0.3, -0.25) is 9.59 Å². The lowest BCUT2D eigenvalue weighted by Crippen LogP contribution is -2.51. The van der Waals surface area contributed by atoms with E-state index in [9.17, 15) is 9.59 Å². The number of methoxy groups -OCH3 is 1. The third-order valence-corrected chi connectivity index (χ3v) is 3.31. The van der Waals surface area contributed by atoms with E-state index in [1.165, 1.54) is 7.11 Å². The van der Waals surface area contributed by atoms with Gasteiger partial charge in [-0.1, -0.05) is 37.3 Å². The second-order valence-electron chi connectivity index (χ2n) is 5.63. The van der Waals surface area contributed by atoms with Crippen LogP contribution in [0.1, 0.15) is 38.2 Å². The zero-order valence-corrected chi connectivity index (χ0v) is 12.8. The van der Waals surface area contributed by atoms with Gasteiger partial charge in [0, 0.05) is 13.5 Å². The van der Waals surface area contributed by atoms with Crippen LogP contribution in [0.3, 0.4) is 0 Å². The number of benzene rings is 1. The summed E-state index contributed by atoms with van der Waals surface area (Å²) in [6.45, 7) is 3.81. The van der Waals surface area contributed by atoms with E-state index in [-0.39, 0.29) is 24.9 Å². The number of ether oxygens (including phenoxy) is 1. The van der Waals surface area contributed by atoms with Crippen LogP contribution in [0.15, 0.2) is 30.3 Å². The molecular weight excluding hydrogens is 270 g/mol. The zero-order chi connectivity index (χ0) is 15.9. The highest BCUT2D eigenvalue weighted by Crippen LogP contribution is 2.19. The van der Waals surface area contributed by atoms with Crippen molar-refractivity contribution in [3.63, 3.8) is 0 Å². The highest BCUT2D eigenvalue weighted by Gasteiger charge is 2.29. The van der Waals surface area contributed by atoms with Crippen LogP contribution < -0.4 is 5.32 Å². The molecule has 0 saturated carbocycles. The fraction of sp³-hybridized carbons (Fsp3) is 0.500. The van der Waals surface area contributed by atoms with Crippen molar-refractivity contribution in [1.82, 2.24) is 5.32 Å². The Morgan fingerprint density at radius 2 is 1.95 bits per heavy atom. The van der Waals surface area contributed by atoms with Gasteiger partial charge in [-0.2, -0.15) is 0 Å². The first-order valence-corrected chi connectivity index (χ1v) is 6.93. The molecule has 0 spiro atoms. The number of carboxylic acid groups (broad SMARTS) is 1. The van der Waals surface area contributed by atoms with E-state index >= 15 is 0 Å². The normalized spacial score (nSPS) is 15.0. The molecule has 0 radical (unpaired) electrons. The van der Waals surface area contributed by atoms with Crippen LogP contribution in [0.25, 0.3) is 0 Å². The van der Waals surface area contributed by atoms with Gasteiger partial charge >= 0.3 is 5.97 Å². The number of carboxylic acids is 1. The highest BCUT2D eigenvalue weighted by molar-refractivity contribution is 5.79. The molecular formula is C16H23NO4. The lowest BCUT2D eigenvalue weighted by atomic mass is 9.95. The van der Waals surface area contributed by atoms with E-state index in [1.54, 1.807) is 6.92 Å². The van der Waals surface area contributed by atoms with E-state index in [0.717, 1.165) is 5.56 Å². The van der Waals surface area contributed by atoms with Gasteiger partial charge in [0.15, 0.2) is 0 Å². The molecule has 2 atom stereocenters. The predicted octanol–water partition coefficient (Wildman–Crippen LogP) is 2.18. The maximum atomic E-state index is 12.1. The minimum atomic E-state index is -0.967. The largest absolute Gasteiger partial charge is 0.481 e. The average Bonchev–Trinajstić information content (AvgIpc) is 2.38. The minimum Gasteiger partial charge on any atom is -0.481 e. The summed E-state index contributed by atoms with van der Waals surface area (Å²) < 4.78 is 5.02. The van der Waals surface area contributed by atoms with E-state index in [0.29, 0.717) is 6.42 Å². The number of nitrogens with one attached hydrogen (secondary N) is 1. The first-order chi connectivity index (χ1) is 9.86. The molecule has 21 heavy (non-hydrogen) atoms. The summed E-state index contributed by atoms with van der Waals surface area (Å²) >= 11 is 0. The topological polar surface area (TPSA) is 75.6 Å². The molecule has 1 rings (SSSR count). The van der Waals surface area contributed by atoms with E-state index in [1.807, 2.05) is 37.3 Å². The Balaban J connectivity index is 2.63. The van der Waals surface area contributed by atoms with E-state index in [4.69, 9.17) is 9.84 Å². The summed E-state index contributed by atoms with van der Waals surface area (Å²) in [5.74, 6) is -1.07. The van der Waals surface area contributed by atoms with Crippen molar-refractivity contribution in [2.24, 2.45) is 0 Å². The quantitative estimate of drug-likeness (QED) is 0.770. The summed E-state index contributed by atoms with van der Waals surface area (Å²) in [6.07, 6.45) is 0.134. The summed E-state index contributed by atoms with van der Waals surface area (Å²) in [6, 6.07) is 9.75. The summed E-state index contributed by atoms with van der Waals surface area (Å²) in [5.41, 5.74) is 0.188. The fourth-order valence-electron chi connectivity index (χ4n) is 2.35. The van der Waals surface area contributed by atoms with Crippen molar-refractivity contribution in [3.05, 3.63) is 35.9 Å². The van der Waals surface area contributed by atoms with Crippen LogP contribution in [0.5, 0.6) is 0 Å². The molecule has 0 aliphatic carbocycles. The van der Waals surface area contributed by atoms with Gasteiger partial charge in [0.05, 0.1) is 18.6 Å². The molecule has 5 nitrogen and oxygen atoms in total. The fourth-order valence-corrected chi connectivity index (χ4v) is 2.35. The highest BCUT2D eigenvalue weighted by atomic mass is 16.5. The summed E-state index contributed by atoms with van der Waals surface area (Å²) in [4.78, 5) is 23.0. The second kappa shape index (κ2) is 7.78. The molecule has 5 heteroatoms. The summed E-state index contributed by atoms with van der Waals surface area (Å²) in [7, 11) is 1.48. The van der Waals surface area contributed by atoms with Crippen LogP contribution >= 0.6 is 0 Å². The molecule has 0 heterocycles. The van der Waals surface area contributed by atoms with Gasteiger partial charge in [0.1, 0.15) is 0 Å². The Morgan fingerprint density at radius 1 is 1.33 bits per heavy atom. The number of hydrogen-bond acceptors (Lipinski definition) is 3. The Kier molecular flexibility index (Phi) is 6.37. The van der Waals surface area contributed by atoms with E-state index < -0.39 is 11.5 Å². The molecule has 0 bridgehead atoms. The maximum absolute atomic E-state index is 12.1. The van der Waals surface area contributed by atoms with Crippen LogP contribution in [0, 0.1) is 0 Å². The third kappa shape index (κ3) is 5.95. The van der Waals surface area contributed by atoms with Crippen LogP contribution in [-0.4, -0.2) is 36.2 Å². The first kappa shape index (κ1) is 17.2. The Hall–Kier alpha value is -1.88. The Labute approximate surface area is 125 Å². The maximum Gasteiger partial charge on any atom is 0.305 e. The van der Waals surface area contributed by atoms with Crippen molar-refractivity contribution < 1.29 is 19.4 Å². The Morgan fingerprint density at radius 3 is 2.48 bits per heavy atom. The molecule has 2 N–H and O–H groups in total. The molecule has 0 aliphatic heterocycles. The number of carbonyl (C=O) groups is 2. The van der Waals surface area contributed by atoms with Gasteiger partial charge < -0.3 is 15.2 Å². The SMILES string of the molecule is COCC(C)(CC(=O)O)NC(=O)CC(C)c1ccccc1. The van der Waals surface area contributed by atoms with Crippen molar-refractivity contribution in [2.45, 2.75) is 38.1 Å². The monoisotopic (exact) mass is 293 g/mol.